The van der Waals surface area contributed by atoms with Crippen molar-refractivity contribution in [3.8, 4) is 0 Å². The van der Waals surface area contributed by atoms with Crippen LogP contribution in [0.3, 0.4) is 0 Å². The summed E-state index contributed by atoms with van der Waals surface area (Å²) < 4.78 is 0. The first kappa shape index (κ1) is 11.8. The molecule has 18 heavy (non-hydrogen) atoms. The van der Waals surface area contributed by atoms with Crippen LogP contribution in [0.15, 0.2) is 77.3 Å². The Hall–Kier alpha value is -2.67. The standard InChI is InChI=1S/C14H13N4/c1-18-10-8-13(9-11-18)3-2-12-4-6-14(7-5-12)16-17-15/h2-11H,1H3/q+1. The van der Waals surface area contributed by atoms with E-state index in [9.17, 15) is 0 Å². The van der Waals surface area contributed by atoms with Crippen molar-refractivity contribution >= 4 is 5.71 Å². The third-order valence-corrected chi connectivity index (χ3v) is 2.53. The number of nitrogens with zero attached hydrogens (tertiary/aromatic N) is 4. The average Bonchev–Trinajstić information content (AvgIpc) is 2.40. The van der Waals surface area contributed by atoms with E-state index in [-0.39, 0.29) is 0 Å². The molecule has 0 amide bonds. The fourth-order valence-corrected chi connectivity index (χ4v) is 1.52. The van der Waals surface area contributed by atoms with Crippen LogP contribution >= 0.6 is 0 Å². The van der Waals surface area contributed by atoms with Crippen LogP contribution in [0.2, 0.25) is 0 Å². The van der Waals surface area contributed by atoms with Gasteiger partial charge in [-0.3, -0.25) is 0 Å². The minimum absolute atomic E-state index is 0.626. The lowest BCUT2D eigenvalue weighted by molar-refractivity contribution is 0.620. The minimum Gasteiger partial charge on any atom is -0.357 e. The van der Waals surface area contributed by atoms with E-state index in [1.54, 1.807) is 12.2 Å². The summed E-state index contributed by atoms with van der Waals surface area (Å²) in [5.74, 6) is 0. The van der Waals surface area contributed by atoms with E-state index >= 15 is 0 Å². The second kappa shape index (κ2) is 5.60. The van der Waals surface area contributed by atoms with Crippen molar-refractivity contribution in [2.45, 2.75) is 0 Å². The first-order valence-electron chi connectivity index (χ1n) is 5.56. The lowest BCUT2D eigenvalue weighted by atomic mass is 10.1. The van der Waals surface area contributed by atoms with E-state index in [0.29, 0.717) is 5.71 Å². The van der Waals surface area contributed by atoms with Crippen LogP contribution in [0.25, 0.3) is 5.08 Å². The molecule has 0 aromatic carbocycles. The van der Waals surface area contributed by atoms with Crippen LogP contribution < -0.4 is 0 Å². The largest absolute Gasteiger partial charge is 0.357 e. The molecule has 0 spiro atoms. The topological polar surface area (TPSA) is 43.8 Å². The molecule has 0 saturated carbocycles. The molecule has 0 bridgehead atoms. The second-order valence-electron chi connectivity index (χ2n) is 3.91. The summed E-state index contributed by atoms with van der Waals surface area (Å²) in [7, 11) is 1.99. The van der Waals surface area contributed by atoms with E-state index in [0.717, 1.165) is 11.1 Å². The molecule has 0 aromatic rings. The number of rotatable bonds is 1. The maximum absolute atomic E-state index is 8.31. The highest BCUT2D eigenvalue weighted by atomic mass is 15.2. The van der Waals surface area contributed by atoms with E-state index in [1.165, 1.54) is 0 Å². The predicted molar refractivity (Wildman–Crippen MR) is 73.0 cm³/mol. The molecule has 0 atom stereocenters. The summed E-state index contributed by atoms with van der Waals surface area (Å²) in [4.78, 5) is 1.99. The van der Waals surface area contributed by atoms with Gasteiger partial charge in [0.1, 0.15) is 0 Å². The first-order chi connectivity index (χ1) is 8.78. The van der Waals surface area contributed by atoms with Crippen molar-refractivity contribution in [2.75, 3.05) is 7.05 Å². The molecule has 1 aliphatic heterocycles. The molecule has 1 heterocycles. The molecule has 1 aliphatic carbocycles. The van der Waals surface area contributed by atoms with Crippen LogP contribution in [-0.4, -0.2) is 17.7 Å². The Morgan fingerprint density at radius 3 is 2.11 bits per heavy atom. The molecule has 0 aromatic heterocycles. The second-order valence-corrected chi connectivity index (χ2v) is 3.91. The van der Waals surface area contributed by atoms with Gasteiger partial charge in [0.2, 0.25) is 0 Å². The molecule has 0 saturated heterocycles. The summed E-state index contributed by atoms with van der Waals surface area (Å²) in [6.07, 6.45) is 19.6. The monoisotopic (exact) mass is 237 g/mol. The highest BCUT2D eigenvalue weighted by molar-refractivity contribution is 6.06. The van der Waals surface area contributed by atoms with Gasteiger partial charge in [0.05, 0.1) is 0 Å². The zero-order valence-electron chi connectivity index (χ0n) is 10.1. The van der Waals surface area contributed by atoms with Gasteiger partial charge in [-0.05, 0) is 35.5 Å². The Morgan fingerprint density at radius 1 is 1.00 bits per heavy atom. The van der Waals surface area contributed by atoms with Crippen molar-refractivity contribution in [1.29, 1.82) is 5.39 Å². The van der Waals surface area contributed by atoms with Gasteiger partial charge in [-0.2, -0.15) is 0 Å². The SMILES string of the molecule is CN1C=CC(=CC=C2C=CC(=N[N+]#N)C=C2)C=C1. The molecule has 2 aliphatic rings. The number of allylic oxidation sites excluding steroid dienone is 10. The van der Waals surface area contributed by atoms with Gasteiger partial charge >= 0.3 is 5.08 Å². The highest BCUT2D eigenvalue weighted by Gasteiger charge is 2.01. The molecule has 2 rings (SSSR count). The van der Waals surface area contributed by atoms with Gasteiger partial charge in [-0.25, -0.2) is 0 Å². The van der Waals surface area contributed by atoms with Gasteiger partial charge in [-0.1, -0.05) is 24.3 Å². The molecule has 4 nitrogen and oxygen atoms in total. The molecule has 0 N–H and O–H groups in total. The fourth-order valence-electron chi connectivity index (χ4n) is 1.52. The average molecular weight is 237 g/mol. The Kier molecular flexibility index (Phi) is 3.67. The zero-order chi connectivity index (χ0) is 12.8. The summed E-state index contributed by atoms with van der Waals surface area (Å²) in [5.41, 5.74) is 2.84. The molecule has 88 valence electrons. The van der Waals surface area contributed by atoms with Crippen molar-refractivity contribution in [3.05, 3.63) is 77.2 Å². The summed E-state index contributed by atoms with van der Waals surface area (Å²) in [6.45, 7) is 0. The number of diazo groups is 1. The van der Waals surface area contributed by atoms with Crippen molar-refractivity contribution < 1.29 is 0 Å². The van der Waals surface area contributed by atoms with Gasteiger partial charge in [0, 0.05) is 19.4 Å². The Balaban J connectivity index is 2.08. The quantitative estimate of drug-likeness (QED) is 0.519. The van der Waals surface area contributed by atoms with Crippen molar-refractivity contribution in [1.82, 2.24) is 4.90 Å². The van der Waals surface area contributed by atoms with Crippen LogP contribution in [0, 0.1) is 5.39 Å². The fraction of sp³-hybridized carbons (Fsp3) is 0.0714. The predicted octanol–water partition coefficient (Wildman–Crippen LogP) is 3.15. The minimum atomic E-state index is 0.626. The molecular formula is C14H13N4+. The summed E-state index contributed by atoms with van der Waals surface area (Å²) in [5, 5.41) is 14.6. The van der Waals surface area contributed by atoms with Crippen LogP contribution in [0.1, 0.15) is 0 Å². The third kappa shape index (κ3) is 3.16. The van der Waals surface area contributed by atoms with Crippen LogP contribution in [0.5, 0.6) is 0 Å². The van der Waals surface area contributed by atoms with E-state index < -0.39 is 0 Å². The van der Waals surface area contributed by atoms with Gasteiger partial charge in [-0.15, -0.1) is 0 Å². The Bertz CT molecular complexity index is 543. The zero-order valence-corrected chi connectivity index (χ0v) is 10.1. The molecule has 4 heteroatoms. The molecular weight excluding hydrogens is 224 g/mol. The van der Waals surface area contributed by atoms with E-state index in [1.807, 2.05) is 60.8 Å². The third-order valence-electron chi connectivity index (χ3n) is 2.53. The van der Waals surface area contributed by atoms with Crippen LogP contribution in [-0.2, 0) is 0 Å². The molecule has 0 unspecified atom stereocenters. The first-order valence-corrected chi connectivity index (χ1v) is 5.56. The Morgan fingerprint density at radius 2 is 1.56 bits per heavy atom. The smallest absolute Gasteiger partial charge is 0.339 e. The normalized spacial score (nSPS) is 16.9. The van der Waals surface area contributed by atoms with Gasteiger partial charge < -0.3 is 4.90 Å². The maximum atomic E-state index is 8.31. The molecule has 0 fully saturated rings. The maximum Gasteiger partial charge on any atom is 0.339 e. The summed E-state index contributed by atoms with van der Waals surface area (Å²) in [6, 6.07) is 0. The lowest BCUT2D eigenvalue weighted by Gasteiger charge is -2.11. The van der Waals surface area contributed by atoms with Crippen molar-refractivity contribution in [3.63, 3.8) is 0 Å². The summed E-state index contributed by atoms with van der Waals surface area (Å²) >= 11 is 0. The van der Waals surface area contributed by atoms with E-state index in [4.69, 9.17) is 5.39 Å². The number of hydrogen-bond donors (Lipinski definition) is 0. The van der Waals surface area contributed by atoms with Crippen molar-refractivity contribution in [2.24, 2.45) is 5.10 Å². The lowest BCUT2D eigenvalue weighted by Crippen LogP contribution is -2.02. The van der Waals surface area contributed by atoms with Crippen LogP contribution in [0.4, 0.5) is 0 Å². The van der Waals surface area contributed by atoms with Gasteiger partial charge in [0.15, 0.2) is 10.8 Å². The van der Waals surface area contributed by atoms with Gasteiger partial charge in [0.25, 0.3) is 5.39 Å². The Labute approximate surface area is 106 Å². The van der Waals surface area contributed by atoms with E-state index in [2.05, 4.69) is 10.2 Å². The number of hydrogen-bond acceptors (Lipinski definition) is 3. The highest BCUT2D eigenvalue weighted by Crippen LogP contribution is 2.11. The molecule has 0 radical (unpaired) electrons.